The number of piperidine rings is 1. The lowest BCUT2D eigenvalue weighted by atomic mass is 9.73. The molecule has 3 saturated heterocycles. The van der Waals surface area contributed by atoms with Crippen LogP contribution in [0.5, 0.6) is 5.75 Å². The van der Waals surface area contributed by atoms with Crippen molar-refractivity contribution in [1.82, 2.24) is 9.80 Å². The Bertz CT molecular complexity index is 1480. The number of carboxylic acid groups (broad SMARTS) is 1. The average Bonchev–Trinajstić information content (AvgIpc) is 3.67. The summed E-state index contributed by atoms with van der Waals surface area (Å²) in [5.74, 6) is -2.68. The maximum atomic E-state index is 17.7. The van der Waals surface area contributed by atoms with Crippen LogP contribution < -0.4 is 9.64 Å². The fourth-order valence-electron chi connectivity index (χ4n) is 9.18. The summed E-state index contributed by atoms with van der Waals surface area (Å²) in [5.41, 5.74) is -1.03. The number of carbonyl (C=O) groups is 2. The van der Waals surface area contributed by atoms with Gasteiger partial charge in [-0.05, 0) is 61.1 Å². The van der Waals surface area contributed by atoms with E-state index in [1.807, 2.05) is 17.0 Å². The Kier molecular flexibility index (Phi) is 7.97. The number of carbonyl (C=O) groups excluding carboxylic acids is 1. The van der Waals surface area contributed by atoms with Crippen molar-refractivity contribution < 1.29 is 37.0 Å². The van der Waals surface area contributed by atoms with Gasteiger partial charge in [0.25, 0.3) is 5.91 Å². The van der Waals surface area contributed by atoms with Gasteiger partial charge in [-0.1, -0.05) is 37.5 Å². The Morgan fingerprint density at radius 3 is 2.39 bits per heavy atom. The molecule has 1 N–H and O–H groups in total. The number of hydrogen-bond acceptors (Lipinski definition) is 5. The minimum atomic E-state index is -4.53. The van der Waals surface area contributed by atoms with Crippen molar-refractivity contribution >= 4 is 17.6 Å². The van der Waals surface area contributed by atoms with Crippen molar-refractivity contribution in [2.45, 2.75) is 80.7 Å². The monoisotopic (exact) mass is 643 g/mol. The number of nitrogens with zero attached hydrogens (tertiary/aromatic N) is 3. The van der Waals surface area contributed by atoms with Crippen LogP contribution in [0.2, 0.25) is 0 Å². The summed E-state index contributed by atoms with van der Waals surface area (Å²) in [4.78, 5) is 32.2. The number of ether oxygens (including phenoxy) is 1. The number of likely N-dealkylation sites (tertiary alicyclic amines) is 2. The fourth-order valence-corrected chi connectivity index (χ4v) is 9.18. The zero-order chi connectivity index (χ0) is 32.4. The summed E-state index contributed by atoms with van der Waals surface area (Å²) >= 11 is 0. The first-order chi connectivity index (χ1) is 22.0. The summed E-state index contributed by atoms with van der Waals surface area (Å²) in [6, 6.07) is 10.9. The SMILES string of the molecule is COc1ccc([C@@H]2CN(C3CCCCC3)C[C@@]2(F)C(=O)N2C[C@@H]3c4ccc(C(F)(F)F)cc4N4CCC(C(=O)O)CC4[C@H]3C2)cc1. The Balaban J connectivity index is 1.22. The quantitative estimate of drug-likeness (QED) is 0.399. The molecule has 46 heavy (non-hydrogen) atoms. The van der Waals surface area contributed by atoms with Crippen LogP contribution in [0.1, 0.15) is 73.5 Å². The molecule has 7 nitrogen and oxygen atoms in total. The van der Waals surface area contributed by atoms with Crippen LogP contribution in [0.15, 0.2) is 42.5 Å². The van der Waals surface area contributed by atoms with Gasteiger partial charge < -0.3 is 19.6 Å². The summed E-state index contributed by atoms with van der Waals surface area (Å²) in [6.45, 7) is 1.17. The highest BCUT2D eigenvalue weighted by atomic mass is 19.4. The van der Waals surface area contributed by atoms with Gasteiger partial charge in [0.05, 0.1) is 18.6 Å². The molecule has 1 aliphatic carbocycles. The van der Waals surface area contributed by atoms with Gasteiger partial charge in [-0.2, -0.15) is 13.2 Å². The first-order valence-electron chi connectivity index (χ1n) is 16.5. The van der Waals surface area contributed by atoms with Gasteiger partial charge in [0.15, 0.2) is 0 Å². The molecule has 248 valence electrons. The molecule has 4 aliphatic heterocycles. The Labute approximate surface area is 266 Å². The molecule has 2 unspecified atom stereocenters. The van der Waals surface area contributed by atoms with Gasteiger partial charge in [0, 0.05) is 68.2 Å². The highest BCUT2D eigenvalue weighted by Crippen LogP contribution is 2.52. The second-order valence-corrected chi connectivity index (χ2v) is 14.0. The largest absolute Gasteiger partial charge is 0.497 e. The molecule has 5 aliphatic rings. The smallest absolute Gasteiger partial charge is 0.416 e. The second kappa shape index (κ2) is 11.7. The predicted octanol–water partition coefficient (Wildman–Crippen LogP) is 6.08. The molecule has 7 rings (SSSR count). The molecule has 0 spiro atoms. The highest BCUT2D eigenvalue weighted by molar-refractivity contribution is 5.88. The molecule has 0 radical (unpaired) electrons. The van der Waals surface area contributed by atoms with Gasteiger partial charge in [-0.15, -0.1) is 0 Å². The first-order valence-corrected chi connectivity index (χ1v) is 16.5. The van der Waals surface area contributed by atoms with Gasteiger partial charge in [-0.25, -0.2) is 4.39 Å². The van der Waals surface area contributed by atoms with E-state index in [1.54, 1.807) is 24.1 Å². The zero-order valence-corrected chi connectivity index (χ0v) is 26.0. The van der Waals surface area contributed by atoms with Crippen LogP contribution in [0.4, 0.5) is 23.2 Å². The summed E-state index contributed by atoms with van der Waals surface area (Å²) < 4.78 is 64.4. The number of carboxylic acids is 1. The van der Waals surface area contributed by atoms with Gasteiger partial charge in [-0.3, -0.25) is 14.5 Å². The molecule has 1 amide bonds. The lowest BCUT2D eigenvalue weighted by Gasteiger charge is -2.49. The number of alkyl halides is 4. The van der Waals surface area contributed by atoms with E-state index < -0.39 is 41.1 Å². The zero-order valence-electron chi connectivity index (χ0n) is 26.0. The van der Waals surface area contributed by atoms with Crippen LogP contribution in [-0.2, 0) is 15.8 Å². The topological polar surface area (TPSA) is 73.3 Å². The molecule has 6 atom stereocenters. The normalized spacial score (nSPS) is 31.7. The van der Waals surface area contributed by atoms with Crippen molar-refractivity contribution in [2.75, 3.05) is 44.7 Å². The molecule has 4 heterocycles. The third kappa shape index (κ3) is 5.32. The van der Waals surface area contributed by atoms with Crippen LogP contribution in [0.3, 0.4) is 0 Å². The van der Waals surface area contributed by atoms with E-state index in [0.29, 0.717) is 36.5 Å². The third-order valence-corrected chi connectivity index (χ3v) is 11.6. The van der Waals surface area contributed by atoms with Crippen molar-refractivity contribution in [1.29, 1.82) is 0 Å². The molecule has 2 aromatic carbocycles. The minimum absolute atomic E-state index is 0.00119. The lowest BCUT2D eigenvalue weighted by molar-refractivity contribution is -0.144. The molecule has 0 aromatic heterocycles. The Morgan fingerprint density at radius 1 is 0.978 bits per heavy atom. The molecule has 0 bridgehead atoms. The van der Waals surface area contributed by atoms with Crippen LogP contribution in [-0.4, -0.2) is 84.4 Å². The first kappa shape index (κ1) is 31.3. The molecule has 11 heteroatoms. The van der Waals surface area contributed by atoms with Crippen LogP contribution in [0.25, 0.3) is 0 Å². The number of methoxy groups -OCH3 is 1. The maximum Gasteiger partial charge on any atom is 0.416 e. The van der Waals surface area contributed by atoms with Crippen molar-refractivity contribution in [2.24, 2.45) is 11.8 Å². The number of rotatable bonds is 5. The molecule has 1 saturated carbocycles. The van der Waals surface area contributed by atoms with E-state index >= 15 is 4.39 Å². The minimum Gasteiger partial charge on any atom is -0.497 e. The molecule has 2 aromatic rings. The number of hydrogen-bond donors (Lipinski definition) is 1. The summed E-state index contributed by atoms with van der Waals surface area (Å²) in [6.07, 6.45) is 1.37. The highest BCUT2D eigenvalue weighted by Gasteiger charge is 2.59. The van der Waals surface area contributed by atoms with Crippen LogP contribution >= 0.6 is 0 Å². The summed E-state index contributed by atoms with van der Waals surface area (Å²) in [7, 11) is 1.57. The predicted molar refractivity (Wildman–Crippen MR) is 164 cm³/mol. The van der Waals surface area contributed by atoms with E-state index in [9.17, 15) is 27.9 Å². The number of fused-ring (bicyclic) bond motifs is 6. The van der Waals surface area contributed by atoms with E-state index in [1.165, 1.54) is 12.1 Å². The molecular formula is C35H41F4N3O4. The lowest BCUT2D eigenvalue weighted by Crippen LogP contribution is -2.53. The Morgan fingerprint density at radius 2 is 1.72 bits per heavy atom. The Hall–Kier alpha value is -3.34. The number of halogens is 4. The van der Waals surface area contributed by atoms with Crippen LogP contribution in [0, 0.1) is 11.8 Å². The summed E-state index contributed by atoms with van der Waals surface area (Å²) in [5, 5.41) is 9.84. The van der Waals surface area contributed by atoms with Crippen molar-refractivity contribution in [3.05, 3.63) is 59.2 Å². The molecular weight excluding hydrogens is 602 g/mol. The number of amides is 1. The van der Waals surface area contributed by atoms with Crippen molar-refractivity contribution in [3.8, 4) is 5.75 Å². The van der Waals surface area contributed by atoms with E-state index in [-0.39, 0.29) is 50.0 Å². The number of aliphatic carboxylic acids is 1. The van der Waals surface area contributed by atoms with E-state index in [2.05, 4.69) is 4.90 Å². The second-order valence-electron chi connectivity index (χ2n) is 14.0. The maximum absolute atomic E-state index is 17.7. The average molecular weight is 644 g/mol. The van der Waals surface area contributed by atoms with Crippen molar-refractivity contribution in [3.63, 3.8) is 0 Å². The third-order valence-electron chi connectivity index (χ3n) is 11.6. The van der Waals surface area contributed by atoms with Gasteiger partial charge in [0.1, 0.15) is 5.75 Å². The molecule has 4 fully saturated rings. The number of anilines is 1. The number of benzene rings is 2. The standard InChI is InChI=1S/C35H41F4N3O4/c1-46-25-10-7-21(8-11-25)29-19-41(24-5-3-2-4-6-24)20-34(29,36)33(45)40-17-27-26-12-9-23(35(37,38)39)16-31(26)42-14-13-22(32(43)44)15-30(42)28(27)18-40/h7-12,16,22,24,27-30H,2-6,13-15,17-20H2,1H3,(H,43,44)/t22?,27-,28+,29+,30?,34+/m1/s1. The van der Waals surface area contributed by atoms with Gasteiger partial charge >= 0.3 is 12.1 Å². The van der Waals surface area contributed by atoms with E-state index in [4.69, 9.17) is 4.74 Å². The fraction of sp³-hybridized carbons (Fsp3) is 0.600. The van der Waals surface area contributed by atoms with Gasteiger partial charge in [0.2, 0.25) is 5.67 Å². The van der Waals surface area contributed by atoms with E-state index in [0.717, 1.165) is 43.7 Å².